The molecule has 3 aromatic rings. The summed E-state index contributed by atoms with van der Waals surface area (Å²) in [5, 5.41) is 6.89. The van der Waals surface area contributed by atoms with Crippen LogP contribution in [0.15, 0.2) is 34.6 Å². The number of carbonyl (C=O) groups is 2. The number of halogens is 4. The molecule has 2 amide bonds. The van der Waals surface area contributed by atoms with Gasteiger partial charge in [0, 0.05) is 17.8 Å². The molecule has 4 heterocycles. The molecule has 1 N–H and O–H groups in total. The molecule has 264 valence electrons. The van der Waals surface area contributed by atoms with E-state index >= 15 is 0 Å². The van der Waals surface area contributed by atoms with Gasteiger partial charge < -0.3 is 19.4 Å². The van der Waals surface area contributed by atoms with Gasteiger partial charge in [-0.05, 0) is 95.7 Å². The van der Waals surface area contributed by atoms with Crippen LogP contribution in [0.5, 0.6) is 0 Å². The van der Waals surface area contributed by atoms with E-state index in [0.717, 1.165) is 33.9 Å². The number of anilines is 1. The third-order valence-electron chi connectivity index (χ3n) is 8.27. The Hall–Kier alpha value is -4.17. The standard InChI is InChI=1S/C34H40ClF3N6O5/c1-7-26-23(15-20-17-33(5,6)43(18-20)31(47)49-32(2,3)4)29(46)44-30(40-28(41-44)21-9-8-13-48-14-12-21)42(26)19-27(45)39-25-11-10-22(16-24(25)35)34(36,37)38/h9-11,15-16H,7-8,12-14,17-19H2,1-6H3,(H,39,45)/b20-15+. The number of ether oxygens (including phenoxy) is 2. The second-order valence-corrected chi connectivity index (χ2v) is 14.1. The van der Waals surface area contributed by atoms with Crippen molar-refractivity contribution in [2.24, 2.45) is 0 Å². The smallest absolute Gasteiger partial charge is 0.416 e. The summed E-state index contributed by atoms with van der Waals surface area (Å²) in [5.41, 5.74) is -0.307. The lowest BCUT2D eigenvalue weighted by atomic mass is 9.98. The molecule has 0 unspecified atom stereocenters. The largest absolute Gasteiger partial charge is 0.444 e. The number of fused-ring (bicyclic) bond motifs is 1. The highest BCUT2D eigenvalue weighted by molar-refractivity contribution is 6.33. The van der Waals surface area contributed by atoms with E-state index in [9.17, 15) is 27.6 Å². The van der Waals surface area contributed by atoms with Gasteiger partial charge in [-0.1, -0.05) is 24.6 Å². The summed E-state index contributed by atoms with van der Waals surface area (Å²) in [7, 11) is 0. The molecule has 2 aliphatic rings. The lowest BCUT2D eigenvalue weighted by Gasteiger charge is -2.33. The monoisotopic (exact) mass is 704 g/mol. The maximum absolute atomic E-state index is 14.2. The van der Waals surface area contributed by atoms with Crippen molar-refractivity contribution in [2.75, 3.05) is 25.1 Å². The van der Waals surface area contributed by atoms with E-state index < -0.39 is 40.4 Å². The van der Waals surface area contributed by atoms with Gasteiger partial charge in [-0.2, -0.15) is 22.7 Å². The molecule has 15 heteroatoms. The summed E-state index contributed by atoms with van der Waals surface area (Å²) in [6.07, 6.45) is 0.603. The summed E-state index contributed by atoms with van der Waals surface area (Å²) in [4.78, 5) is 47.1. The topological polar surface area (TPSA) is 120 Å². The van der Waals surface area contributed by atoms with Crippen LogP contribution < -0.4 is 10.9 Å². The van der Waals surface area contributed by atoms with Crippen LogP contribution in [0.1, 0.15) is 83.5 Å². The van der Waals surface area contributed by atoms with Gasteiger partial charge in [-0.15, -0.1) is 5.10 Å². The zero-order valence-corrected chi connectivity index (χ0v) is 29.1. The van der Waals surface area contributed by atoms with E-state index in [2.05, 4.69) is 10.4 Å². The normalized spacial score (nSPS) is 17.7. The van der Waals surface area contributed by atoms with Crippen molar-refractivity contribution in [3.63, 3.8) is 0 Å². The summed E-state index contributed by atoms with van der Waals surface area (Å²) < 4.78 is 53.5. The van der Waals surface area contributed by atoms with Gasteiger partial charge in [0.2, 0.25) is 11.7 Å². The van der Waals surface area contributed by atoms with Crippen molar-refractivity contribution in [2.45, 2.75) is 91.1 Å². The number of alkyl halides is 3. The van der Waals surface area contributed by atoms with Gasteiger partial charge >= 0.3 is 12.3 Å². The second-order valence-electron chi connectivity index (χ2n) is 13.7. The molecule has 0 bridgehead atoms. The number of nitrogens with zero attached hydrogens (tertiary/aromatic N) is 5. The van der Waals surface area contributed by atoms with Crippen molar-refractivity contribution in [1.82, 2.24) is 24.1 Å². The first-order chi connectivity index (χ1) is 22.9. The van der Waals surface area contributed by atoms with Crippen LogP contribution in [0.3, 0.4) is 0 Å². The highest BCUT2D eigenvalue weighted by Gasteiger charge is 2.40. The molecule has 0 saturated carbocycles. The van der Waals surface area contributed by atoms with Crippen molar-refractivity contribution >= 4 is 46.7 Å². The van der Waals surface area contributed by atoms with Crippen LogP contribution in [0.4, 0.5) is 23.7 Å². The zero-order valence-electron chi connectivity index (χ0n) is 28.3. The van der Waals surface area contributed by atoms with Gasteiger partial charge in [-0.3, -0.25) is 14.5 Å². The van der Waals surface area contributed by atoms with E-state index in [4.69, 9.17) is 26.1 Å². The van der Waals surface area contributed by atoms with Crippen molar-refractivity contribution in [3.8, 4) is 0 Å². The molecule has 0 radical (unpaired) electrons. The fraction of sp³-hybridized carbons (Fsp3) is 0.500. The number of nitrogens with one attached hydrogen (secondary N) is 1. The number of rotatable bonds is 6. The number of hydrogen-bond donors (Lipinski definition) is 1. The summed E-state index contributed by atoms with van der Waals surface area (Å²) in [6, 6.07) is 2.67. The summed E-state index contributed by atoms with van der Waals surface area (Å²) in [6.45, 7) is 11.9. The molecule has 49 heavy (non-hydrogen) atoms. The Kier molecular flexibility index (Phi) is 10.0. The second kappa shape index (κ2) is 13.6. The summed E-state index contributed by atoms with van der Waals surface area (Å²) >= 11 is 6.12. The molecule has 0 aliphatic carbocycles. The Bertz CT molecular complexity index is 1900. The predicted molar refractivity (Wildman–Crippen MR) is 179 cm³/mol. The van der Waals surface area contributed by atoms with Gasteiger partial charge in [0.25, 0.3) is 5.56 Å². The lowest BCUT2D eigenvalue weighted by molar-refractivity contribution is -0.137. The van der Waals surface area contributed by atoms with E-state index in [1.54, 1.807) is 36.3 Å². The zero-order chi connectivity index (χ0) is 35.9. The molecule has 0 spiro atoms. The van der Waals surface area contributed by atoms with E-state index in [1.807, 2.05) is 26.8 Å². The third-order valence-corrected chi connectivity index (χ3v) is 8.58. The number of aromatic nitrogens is 4. The highest BCUT2D eigenvalue weighted by atomic mass is 35.5. The predicted octanol–water partition coefficient (Wildman–Crippen LogP) is 6.76. The van der Waals surface area contributed by atoms with E-state index in [1.165, 1.54) is 0 Å². The fourth-order valence-electron chi connectivity index (χ4n) is 6.03. The molecule has 1 saturated heterocycles. The van der Waals surface area contributed by atoms with Crippen molar-refractivity contribution in [1.29, 1.82) is 0 Å². The maximum atomic E-state index is 14.2. The lowest BCUT2D eigenvalue weighted by Crippen LogP contribution is -2.45. The first-order valence-corrected chi connectivity index (χ1v) is 16.4. The average molecular weight is 705 g/mol. The van der Waals surface area contributed by atoms with Crippen LogP contribution in [0.25, 0.3) is 17.4 Å². The quantitative estimate of drug-likeness (QED) is 0.301. The van der Waals surface area contributed by atoms with Crippen LogP contribution >= 0.6 is 11.6 Å². The highest BCUT2D eigenvalue weighted by Crippen LogP contribution is 2.36. The molecular weight excluding hydrogens is 665 g/mol. The first-order valence-electron chi connectivity index (χ1n) is 16.0. The Morgan fingerprint density at radius 3 is 2.57 bits per heavy atom. The minimum Gasteiger partial charge on any atom is -0.444 e. The Labute approximate surface area is 286 Å². The molecule has 2 aromatic heterocycles. The maximum Gasteiger partial charge on any atom is 0.416 e. The fourth-order valence-corrected chi connectivity index (χ4v) is 6.26. The average Bonchev–Trinajstić information content (AvgIpc) is 3.44. The van der Waals surface area contributed by atoms with Crippen molar-refractivity contribution < 1.29 is 32.2 Å². The van der Waals surface area contributed by atoms with Crippen LogP contribution in [0.2, 0.25) is 5.02 Å². The Balaban J connectivity index is 1.59. The van der Waals surface area contributed by atoms with Gasteiger partial charge in [-0.25, -0.2) is 4.79 Å². The minimum absolute atomic E-state index is 0.00156. The third kappa shape index (κ3) is 8.01. The molecule has 5 rings (SSSR count). The molecule has 1 aromatic carbocycles. The Morgan fingerprint density at radius 2 is 1.92 bits per heavy atom. The molecular formula is C34H40ClF3N6O5. The van der Waals surface area contributed by atoms with Gasteiger partial charge in [0.05, 0.1) is 35.1 Å². The van der Waals surface area contributed by atoms with Gasteiger partial charge in [0.1, 0.15) is 12.1 Å². The number of likely N-dealkylation sites (tertiary alicyclic amines) is 1. The van der Waals surface area contributed by atoms with Gasteiger partial charge in [0.15, 0.2) is 5.82 Å². The SMILES string of the molecule is CCc1c(/C=C2/CN(C(=O)OC(C)(C)C)C(C)(C)C2)c(=O)n2nc(C3=CCCOCC3)nc2n1CC(=O)Nc1ccc(C(F)(F)F)cc1Cl. The number of carbonyl (C=O) groups excluding carboxylic acids is 2. The molecule has 2 aliphatic heterocycles. The number of benzene rings is 1. The van der Waals surface area contributed by atoms with Crippen LogP contribution in [-0.2, 0) is 33.4 Å². The Morgan fingerprint density at radius 1 is 1.18 bits per heavy atom. The molecule has 11 nitrogen and oxygen atoms in total. The van der Waals surface area contributed by atoms with E-state index in [0.29, 0.717) is 50.4 Å². The van der Waals surface area contributed by atoms with E-state index in [-0.39, 0.29) is 35.1 Å². The van der Waals surface area contributed by atoms with Crippen LogP contribution in [-0.4, -0.2) is 67.0 Å². The van der Waals surface area contributed by atoms with Crippen molar-refractivity contribution in [3.05, 3.63) is 67.9 Å². The number of hydrogen-bond acceptors (Lipinski definition) is 7. The minimum atomic E-state index is -4.60. The molecule has 0 atom stereocenters. The number of amides is 2. The molecule has 1 fully saturated rings. The summed E-state index contributed by atoms with van der Waals surface area (Å²) in [5.74, 6) is -0.154. The van der Waals surface area contributed by atoms with Crippen LogP contribution in [0, 0.1) is 0 Å². The first kappa shape index (κ1) is 36.1.